The van der Waals surface area contributed by atoms with Crippen LogP contribution >= 0.6 is 0 Å². The van der Waals surface area contributed by atoms with Crippen LogP contribution in [0.3, 0.4) is 0 Å². The zero-order chi connectivity index (χ0) is 11.4. The predicted octanol–water partition coefficient (Wildman–Crippen LogP) is 1.18. The Labute approximate surface area is 88.5 Å². The van der Waals surface area contributed by atoms with Crippen molar-refractivity contribution in [2.24, 2.45) is 5.92 Å². The van der Waals surface area contributed by atoms with E-state index in [1.165, 1.54) is 0 Å². The van der Waals surface area contributed by atoms with E-state index in [1.54, 1.807) is 13.1 Å². The van der Waals surface area contributed by atoms with Gasteiger partial charge in [0.15, 0.2) is 0 Å². The zero-order valence-electron chi connectivity index (χ0n) is 9.15. The standard InChI is InChI=1S/C10H16N2O3/c1-6(2)9(10(13)14)12-5-8-11-4-7(3)15-8/h4,6,9,12H,5H2,1-3H3,(H,13,14). The van der Waals surface area contributed by atoms with E-state index in [4.69, 9.17) is 9.52 Å². The second-order valence-electron chi connectivity index (χ2n) is 3.81. The van der Waals surface area contributed by atoms with Crippen LogP contribution in [0.5, 0.6) is 0 Å². The fraction of sp³-hybridized carbons (Fsp3) is 0.600. The summed E-state index contributed by atoms with van der Waals surface area (Å²) in [4.78, 5) is 14.8. The van der Waals surface area contributed by atoms with Gasteiger partial charge in [0.2, 0.25) is 5.89 Å². The molecule has 0 saturated carbocycles. The highest BCUT2D eigenvalue weighted by molar-refractivity contribution is 5.73. The molecule has 0 fully saturated rings. The summed E-state index contributed by atoms with van der Waals surface area (Å²) >= 11 is 0. The first-order chi connectivity index (χ1) is 7.00. The number of nitrogens with one attached hydrogen (secondary N) is 1. The molecule has 0 radical (unpaired) electrons. The fourth-order valence-electron chi connectivity index (χ4n) is 1.29. The highest BCUT2D eigenvalue weighted by Gasteiger charge is 2.20. The van der Waals surface area contributed by atoms with Gasteiger partial charge < -0.3 is 9.52 Å². The summed E-state index contributed by atoms with van der Waals surface area (Å²) in [5.41, 5.74) is 0. The van der Waals surface area contributed by atoms with Gasteiger partial charge in [0, 0.05) is 0 Å². The molecule has 1 atom stereocenters. The van der Waals surface area contributed by atoms with E-state index in [0.29, 0.717) is 12.4 Å². The zero-order valence-corrected chi connectivity index (χ0v) is 9.15. The lowest BCUT2D eigenvalue weighted by atomic mass is 10.1. The molecular formula is C10H16N2O3. The van der Waals surface area contributed by atoms with Gasteiger partial charge in [-0.05, 0) is 12.8 Å². The molecule has 0 aromatic carbocycles. The Bertz CT molecular complexity index is 333. The topological polar surface area (TPSA) is 75.4 Å². The van der Waals surface area contributed by atoms with Gasteiger partial charge >= 0.3 is 5.97 Å². The van der Waals surface area contributed by atoms with Gasteiger partial charge in [-0.3, -0.25) is 10.1 Å². The van der Waals surface area contributed by atoms with E-state index in [0.717, 1.165) is 5.76 Å². The van der Waals surface area contributed by atoms with Gasteiger partial charge in [-0.25, -0.2) is 4.98 Å². The molecule has 1 aromatic heterocycles. The molecule has 1 aromatic rings. The maximum absolute atomic E-state index is 10.9. The monoisotopic (exact) mass is 212 g/mol. The van der Waals surface area contributed by atoms with Crippen LogP contribution in [0.25, 0.3) is 0 Å². The van der Waals surface area contributed by atoms with Gasteiger partial charge in [-0.15, -0.1) is 0 Å². The van der Waals surface area contributed by atoms with Crippen LogP contribution in [0.4, 0.5) is 0 Å². The number of rotatable bonds is 5. The molecule has 1 heterocycles. The van der Waals surface area contributed by atoms with Gasteiger partial charge in [0.25, 0.3) is 0 Å². The number of nitrogens with zero attached hydrogens (tertiary/aromatic N) is 1. The molecule has 15 heavy (non-hydrogen) atoms. The Morgan fingerprint density at radius 2 is 2.33 bits per heavy atom. The Kier molecular flexibility index (Phi) is 3.85. The smallest absolute Gasteiger partial charge is 0.320 e. The Balaban J connectivity index is 2.50. The Morgan fingerprint density at radius 1 is 1.67 bits per heavy atom. The van der Waals surface area contributed by atoms with Crippen LogP contribution in [0.15, 0.2) is 10.6 Å². The quantitative estimate of drug-likeness (QED) is 0.766. The first-order valence-electron chi connectivity index (χ1n) is 4.88. The van der Waals surface area contributed by atoms with E-state index in [2.05, 4.69) is 10.3 Å². The first kappa shape index (κ1) is 11.7. The lowest BCUT2D eigenvalue weighted by molar-refractivity contribution is -0.140. The van der Waals surface area contributed by atoms with Crippen molar-refractivity contribution in [2.75, 3.05) is 0 Å². The lowest BCUT2D eigenvalue weighted by Crippen LogP contribution is -2.40. The van der Waals surface area contributed by atoms with E-state index < -0.39 is 12.0 Å². The molecule has 1 unspecified atom stereocenters. The number of hydrogen-bond acceptors (Lipinski definition) is 4. The minimum Gasteiger partial charge on any atom is -0.480 e. The summed E-state index contributed by atoms with van der Waals surface area (Å²) in [5.74, 6) is 0.412. The second-order valence-corrected chi connectivity index (χ2v) is 3.81. The molecule has 0 aliphatic heterocycles. The van der Waals surface area contributed by atoms with Crippen LogP contribution in [-0.2, 0) is 11.3 Å². The maximum atomic E-state index is 10.9. The molecule has 5 nitrogen and oxygen atoms in total. The van der Waals surface area contributed by atoms with E-state index in [-0.39, 0.29) is 5.92 Å². The van der Waals surface area contributed by atoms with Gasteiger partial charge in [0.1, 0.15) is 11.8 Å². The van der Waals surface area contributed by atoms with Crippen molar-refractivity contribution in [1.29, 1.82) is 0 Å². The SMILES string of the molecule is Cc1cnc(CNC(C(=O)O)C(C)C)o1. The van der Waals surface area contributed by atoms with E-state index in [1.807, 2.05) is 13.8 Å². The maximum Gasteiger partial charge on any atom is 0.320 e. The van der Waals surface area contributed by atoms with Crippen molar-refractivity contribution >= 4 is 5.97 Å². The average molecular weight is 212 g/mol. The number of hydrogen-bond donors (Lipinski definition) is 2. The molecule has 2 N–H and O–H groups in total. The number of carboxylic acids is 1. The molecule has 84 valence electrons. The van der Waals surface area contributed by atoms with Crippen LogP contribution < -0.4 is 5.32 Å². The molecular weight excluding hydrogens is 196 g/mol. The van der Waals surface area contributed by atoms with Crippen molar-refractivity contribution in [3.05, 3.63) is 17.8 Å². The number of aliphatic carboxylic acids is 1. The highest BCUT2D eigenvalue weighted by atomic mass is 16.4. The van der Waals surface area contributed by atoms with Gasteiger partial charge in [-0.1, -0.05) is 13.8 Å². The van der Waals surface area contributed by atoms with E-state index >= 15 is 0 Å². The summed E-state index contributed by atoms with van der Waals surface area (Å²) in [6, 6.07) is -0.572. The van der Waals surface area contributed by atoms with Gasteiger partial charge in [-0.2, -0.15) is 0 Å². The van der Waals surface area contributed by atoms with Crippen molar-refractivity contribution in [1.82, 2.24) is 10.3 Å². The molecule has 0 spiro atoms. The molecule has 0 bridgehead atoms. The number of aryl methyl sites for hydroxylation is 1. The average Bonchev–Trinajstić information content (AvgIpc) is 2.50. The van der Waals surface area contributed by atoms with Crippen LogP contribution in [0, 0.1) is 12.8 Å². The second kappa shape index (κ2) is 4.93. The molecule has 0 aliphatic carbocycles. The number of aromatic nitrogens is 1. The Hall–Kier alpha value is -1.36. The van der Waals surface area contributed by atoms with Crippen LogP contribution in [0.1, 0.15) is 25.5 Å². The molecule has 0 amide bonds. The van der Waals surface area contributed by atoms with Crippen LogP contribution in [-0.4, -0.2) is 22.1 Å². The first-order valence-corrected chi connectivity index (χ1v) is 4.88. The summed E-state index contributed by atoms with van der Waals surface area (Å²) in [5, 5.41) is 11.8. The van der Waals surface area contributed by atoms with Crippen LogP contribution in [0.2, 0.25) is 0 Å². The number of carbonyl (C=O) groups is 1. The summed E-state index contributed by atoms with van der Waals surface area (Å²) < 4.78 is 5.23. The minimum absolute atomic E-state index is 0.0264. The molecule has 1 rings (SSSR count). The third-order valence-corrected chi connectivity index (χ3v) is 2.08. The third-order valence-electron chi connectivity index (χ3n) is 2.08. The minimum atomic E-state index is -0.853. The molecule has 5 heteroatoms. The summed E-state index contributed by atoms with van der Waals surface area (Å²) in [7, 11) is 0. The van der Waals surface area contributed by atoms with E-state index in [9.17, 15) is 4.79 Å². The lowest BCUT2D eigenvalue weighted by Gasteiger charge is -2.16. The largest absolute Gasteiger partial charge is 0.480 e. The molecule has 0 aliphatic rings. The number of carboxylic acid groups (broad SMARTS) is 1. The van der Waals surface area contributed by atoms with Crippen molar-refractivity contribution in [3.8, 4) is 0 Å². The van der Waals surface area contributed by atoms with Gasteiger partial charge in [0.05, 0.1) is 12.7 Å². The molecule has 0 saturated heterocycles. The summed E-state index contributed by atoms with van der Waals surface area (Å²) in [6.45, 7) is 5.84. The predicted molar refractivity (Wildman–Crippen MR) is 54.3 cm³/mol. The highest BCUT2D eigenvalue weighted by Crippen LogP contribution is 2.05. The van der Waals surface area contributed by atoms with Crippen molar-refractivity contribution in [3.63, 3.8) is 0 Å². The number of oxazole rings is 1. The van der Waals surface area contributed by atoms with Crippen molar-refractivity contribution in [2.45, 2.75) is 33.4 Å². The summed E-state index contributed by atoms with van der Waals surface area (Å²) in [6.07, 6.45) is 1.61. The van der Waals surface area contributed by atoms with Crippen molar-refractivity contribution < 1.29 is 14.3 Å². The Morgan fingerprint density at radius 3 is 2.73 bits per heavy atom. The third kappa shape index (κ3) is 3.36. The normalized spacial score (nSPS) is 13.1. The fourth-order valence-corrected chi connectivity index (χ4v) is 1.29.